The molecule has 0 heterocycles. The van der Waals surface area contributed by atoms with Gasteiger partial charge in [-0.15, -0.1) is 0 Å². The second-order valence-electron chi connectivity index (χ2n) is 2.54. The van der Waals surface area contributed by atoms with E-state index >= 15 is 0 Å². The minimum Gasteiger partial charge on any atom is -0.487 e. The van der Waals surface area contributed by atoms with E-state index in [2.05, 4.69) is 30.2 Å². The van der Waals surface area contributed by atoms with Gasteiger partial charge in [0.05, 0.1) is 0 Å². The predicted molar refractivity (Wildman–Crippen MR) is 68.7 cm³/mol. The van der Waals surface area contributed by atoms with Gasteiger partial charge in [-0.2, -0.15) is 0 Å². The second kappa shape index (κ2) is 7.80. The Morgan fingerprint density at radius 1 is 1.19 bits per heavy atom. The lowest BCUT2D eigenvalue weighted by Crippen LogP contribution is -2.16. The van der Waals surface area contributed by atoms with Crippen molar-refractivity contribution in [1.82, 2.24) is 0 Å². The number of hydrogen-bond donors (Lipinski definition) is 4. The summed E-state index contributed by atoms with van der Waals surface area (Å²) in [6.07, 6.45) is -1.07. The van der Waals surface area contributed by atoms with Gasteiger partial charge in [-0.05, 0) is 24.4 Å². The molecule has 6 N–H and O–H groups in total. The summed E-state index contributed by atoms with van der Waals surface area (Å²) in [5.41, 5.74) is 10.1. The summed E-state index contributed by atoms with van der Waals surface area (Å²) in [7, 11) is 0. The molecule has 0 amide bonds. The van der Waals surface area contributed by atoms with Crippen LogP contribution in [0.15, 0.2) is 30.3 Å². The lowest BCUT2D eigenvalue weighted by Gasteiger charge is -2.10. The fraction of sp³-hybridized carbons (Fsp3) is 0.111. The van der Waals surface area contributed by atoms with E-state index in [1.807, 2.05) is 6.07 Å². The fourth-order valence-electron chi connectivity index (χ4n) is 0.796. The van der Waals surface area contributed by atoms with Crippen LogP contribution < -0.4 is 11.5 Å². The Hall–Kier alpha value is -1.44. The molecule has 0 fully saturated rings. The molecule has 88 valence electrons. The molecule has 0 aromatic heterocycles. The largest absolute Gasteiger partial charge is 0.487 e. The molecule has 0 spiro atoms. The van der Waals surface area contributed by atoms with Gasteiger partial charge in [0.1, 0.15) is 0 Å². The van der Waals surface area contributed by atoms with Gasteiger partial charge in [0.25, 0.3) is 10.3 Å². The Labute approximate surface area is 104 Å². The van der Waals surface area contributed by atoms with Gasteiger partial charge in [-0.25, -0.2) is 0 Å². The Balaban J connectivity index is 0.000000487. The molecule has 1 unspecified atom stereocenters. The van der Waals surface area contributed by atoms with Crippen LogP contribution in [0, 0.1) is 0 Å². The van der Waals surface area contributed by atoms with E-state index in [4.69, 9.17) is 15.6 Å². The molecule has 16 heavy (non-hydrogen) atoms. The van der Waals surface area contributed by atoms with Crippen molar-refractivity contribution in [1.29, 1.82) is 0 Å². The first-order valence-electron chi connectivity index (χ1n) is 4.11. The zero-order chi connectivity index (χ0) is 12.6. The van der Waals surface area contributed by atoms with Gasteiger partial charge in [-0.3, -0.25) is 0 Å². The topological polar surface area (TPSA) is 102 Å². The number of ether oxygens (including phenoxy) is 1. The molecule has 0 aliphatic rings. The molecule has 1 rings (SSSR count). The summed E-state index contributed by atoms with van der Waals surface area (Å²) in [6.45, 7) is 0. The predicted octanol–water partition coefficient (Wildman–Crippen LogP) is 0.726. The summed E-state index contributed by atoms with van der Waals surface area (Å²) in [5.74, 6) is 0. The van der Waals surface area contributed by atoms with E-state index in [9.17, 15) is 5.11 Å². The van der Waals surface area contributed by atoms with Crippen molar-refractivity contribution >= 4 is 34.8 Å². The summed E-state index contributed by atoms with van der Waals surface area (Å²) in [4.78, 5) is 0. The smallest absolute Gasteiger partial charge is 0.256 e. The first-order chi connectivity index (χ1) is 7.43. The monoisotopic (exact) mass is 260 g/mol. The minimum atomic E-state index is -1.07. The van der Waals surface area contributed by atoms with Crippen LogP contribution in [-0.4, -0.2) is 20.6 Å². The Morgan fingerprint density at radius 2 is 1.62 bits per heavy atom. The van der Waals surface area contributed by atoms with Crippen LogP contribution in [0.5, 0.6) is 0 Å². The zero-order valence-electron chi connectivity index (χ0n) is 8.24. The molecule has 0 aliphatic heterocycles. The number of benzene rings is 1. The standard InChI is InChI=1S/C8H9NO2S.CH3NOS/c9-8(12)11-7(10)6-4-2-1-3-5-6;2-1(3)4/h1-5,7,10H,(H2,9,12);(H3,2,3,4). The highest BCUT2D eigenvalue weighted by Gasteiger charge is 2.07. The van der Waals surface area contributed by atoms with Crippen molar-refractivity contribution in [3.63, 3.8) is 0 Å². The summed E-state index contributed by atoms with van der Waals surface area (Å²) >= 11 is 8.34. The molecule has 1 atom stereocenters. The summed E-state index contributed by atoms with van der Waals surface area (Å²) in [6, 6.07) is 8.88. The van der Waals surface area contributed by atoms with Crippen molar-refractivity contribution in [2.45, 2.75) is 6.29 Å². The number of hydrogen-bond acceptors (Lipinski definition) is 4. The molecule has 0 aliphatic carbocycles. The van der Waals surface area contributed by atoms with E-state index in [1.165, 1.54) is 0 Å². The maximum atomic E-state index is 9.30. The van der Waals surface area contributed by atoms with Gasteiger partial charge in [0, 0.05) is 5.56 Å². The molecule has 1 aromatic rings. The van der Waals surface area contributed by atoms with Crippen molar-refractivity contribution in [2.75, 3.05) is 0 Å². The molecule has 5 nitrogen and oxygen atoms in total. The maximum Gasteiger partial charge on any atom is 0.256 e. The van der Waals surface area contributed by atoms with Crippen molar-refractivity contribution in [3.05, 3.63) is 35.9 Å². The van der Waals surface area contributed by atoms with E-state index in [0.29, 0.717) is 5.56 Å². The second-order valence-corrected chi connectivity index (χ2v) is 3.36. The fourth-order valence-corrected chi connectivity index (χ4v) is 0.887. The van der Waals surface area contributed by atoms with Crippen molar-refractivity contribution in [3.8, 4) is 0 Å². The number of rotatable bonds is 2. The zero-order valence-corrected chi connectivity index (χ0v) is 9.87. The lowest BCUT2D eigenvalue weighted by atomic mass is 10.2. The average Bonchev–Trinajstić information content (AvgIpc) is 2.17. The Morgan fingerprint density at radius 3 is 2.00 bits per heavy atom. The number of thiocarbonyl (C=S) groups is 2. The van der Waals surface area contributed by atoms with E-state index in [-0.39, 0.29) is 5.17 Å². The Kier molecular flexibility index (Phi) is 7.10. The normalized spacial score (nSPS) is 10.6. The van der Waals surface area contributed by atoms with Gasteiger partial charge in [0.2, 0.25) is 6.29 Å². The summed E-state index contributed by atoms with van der Waals surface area (Å²) in [5, 5.41) is 16.2. The van der Waals surface area contributed by atoms with Crippen molar-refractivity contribution in [2.24, 2.45) is 11.5 Å². The quantitative estimate of drug-likeness (QED) is 0.459. The SMILES string of the molecule is NC(=S)OC(O)c1ccccc1.NC(O)=S. The van der Waals surface area contributed by atoms with Gasteiger partial charge in [0.15, 0.2) is 0 Å². The van der Waals surface area contributed by atoms with Crippen LogP contribution in [0.1, 0.15) is 11.9 Å². The van der Waals surface area contributed by atoms with Crippen LogP contribution in [0.3, 0.4) is 0 Å². The molecule has 0 saturated heterocycles. The minimum absolute atomic E-state index is 0.161. The van der Waals surface area contributed by atoms with E-state index in [1.54, 1.807) is 24.3 Å². The maximum absolute atomic E-state index is 9.30. The highest BCUT2D eigenvalue weighted by atomic mass is 32.1. The van der Waals surface area contributed by atoms with Crippen LogP contribution in [0.4, 0.5) is 0 Å². The number of nitrogens with two attached hydrogens (primary N) is 2. The molecule has 7 heteroatoms. The van der Waals surface area contributed by atoms with Crippen LogP contribution >= 0.6 is 24.4 Å². The first kappa shape index (κ1) is 14.6. The third-order valence-corrected chi connectivity index (χ3v) is 1.41. The highest BCUT2D eigenvalue weighted by Crippen LogP contribution is 2.12. The van der Waals surface area contributed by atoms with Gasteiger partial charge < -0.3 is 26.4 Å². The highest BCUT2D eigenvalue weighted by molar-refractivity contribution is 7.80. The average molecular weight is 260 g/mol. The third kappa shape index (κ3) is 7.92. The van der Waals surface area contributed by atoms with Crippen LogP contribution in [0.25, 0.3) is 0 Å². The van der Waals surface area contributed by atoms with Gasteiger partial charge in [-0.1, -0.05) is 30.3 Å². The van der Waals surface area contributed by atoms with Crippen LogP contribution in [-0.2, 0) is 4.74 Å². The van der Waals surface area contributed by atoms with E-state index in [0.717, 1.165) is 0 Å². The van der Waals surface area contributed by atoms with E-state index < -0.39 is 11.5 Å². The lowest BCUT2D eigenvalue weighted by molar-refractivity contribution is -0.0284. The molecule has 0 radical (unpaired) electrons. The molecule has 0 bridgehead atoms. The molecular weight excluding hydrogens is 248 g/mol. The van der Waals surface area contributed by atoms with Gasteiger partial charge >= 0.3 is 0 Å². The number of aliphatic hydroxyl groups excluding tert-OH is 2. The molecule has 1 aromatic carbocycles. The number of aliphatic hydroxyl groups is 2. The summed E-state index contributed by atoms with van der Waals surface area (Å²) < 4.78 is 4.70. The van der Waals surface area contributed by atoms with Crippen LogP contribution in [0.2, 0.25) is 0 Å². The molecule has 0 saturated carbocycles. The Bertz CT molecular complexity index is 342. The third-order valence-electron chi connectivity index (χ3n) is 1.31. The first-order valence-corrected chi connectivity index (χ1v) is 4.92. The van der Waals surface area contributed by atoms with Crippen molar-refractivity contribution < 1.29 is 14.9 Å². The molecular formula is C9H12N2O3S2.